The number of nitrogens with zero attached hydrogens (tertiary/aromatic N) is 2. The van der Waals surface area contributed by atoms with Gasteiger partial charge < -0.3 is 10.5 Å². The molecule has 0 amide bonds. The Morgan fingerprint density at radius 2 is 2.14 bits per heavy atom. The summed E-state index contributed by atoms with van der Waals surface area (Å²) in [5.74, 6) is -0.379. The number of carbonyl (C=O) groups is 1. The number of nitrogens with two attached hydrogens (primary N) is 1. The van der Waals surface area contributed by atoms with E-state index < -0.39 is 10.9 Å². The Labute approximate surface area is 124 Å². The van der Waals surface area contributed by atoms with E-state index in [0.717, 1.165) is 6.07 Å². The van der Waals surface area contributed by atoms with Crippen LogP contribution in [0, 0.1) is 10.1 Å². The molecule has 21 heavy (non-hydrogen) atoms. The number of ether oxygens (including phenoxy) is 1. The van der Waals surface area contributed by atoms with E-state index in [1.54, 1.807) is 12.1 Å². The number of hydrogen-bond acceptors (Lipinski definition) is 6. The molecule has 2 N–H and O–H groups in total. The molecule has 1 aromatic carbocycles. The normalized spacial score (nSPS) is 10.1. The van der Waals surface area contributed by atoms with Gasteiger partial charge in [0.25, 0.3) is 5.69 Å². The minimum atomic E-state index is -0.690. The Morgan fingerprint density at radius 3 is 2.81 bits per heavy atom. The summed E-state index contributed by atoms with van der Waals surface area (Å²) < 4.78 is 5.06. The van der Waals surface area contributed by atoms with Crippen LogP contribution in [0.2, 0.25) is 5.02 Å². The van der Waals surface area contributed by atoms with E-state index >= 15 is 0 Å². The number of esters is 1. The maximum Gasteiger partial charge on any atom is 0.338 e. The van der Waals surface area contributed by atoms with Gasteiger partial charge in [-0.25, -0.2) is 9.78 Å². The monoisotopic (exact) mass is 307 g/mol. The van der Waals surface area contributed by atoms with Gasteiger partial charge in [-0.2, -0.15) is 0 Å². The molecule has 0 atom stereocenters. The second kappa shape index (κ2) is 6.19. The third kappa shape index (κ3) is 3.67. The van der Waals surface area contributed by atoms with Crippen LogP contribution in [0.25, 0.3) is 0 Å². The van der Waals surface area contributed by atoms with E-state index in [1.807, 2.05) is 0 Å². The van der Waals surface area contributed by atoms with Crippen molar-refractivity contribution in [2.75, 3.05) is 5.73 Å². The molecule has 0 fully saturated rings. The number of nitrogen functional groups attached to an aromatic ring is 1. The van der Waals surface area contributed by atoms with Crippen molar-refractivity contribution in [2.24, 2.45) is 0 Å². The molecule has 108 valence electrons. The largest absolute Gasteiger partial charge is 0.457 e. The van der Waals surface area contributed by atoms with E-state index in [0.29, 0.717) is 11.4 Å². The van der Waals surface area contributed by atoms with Gasteiger partial charge >= 0.3 is 5.97 Å². The maximum absolute atomic E-state index is 11.9. The summed E-state index contributed by atoms with van der Waals surface area (Å²) in [7, 11) is 0. The Morgan fingerprint density at radius 1 is 1.38 bits per heavy atom. The van der Waals surface area contributed by atoms with Crippen LogP contribution in [0.15, 0.2) is 36.5 Å². The van der Waals surface area contributed by atoms with Crippen LogP contribution in [0.4, 0.5) is 11.5 Å². The first-order valence-electron chi connectivity index (χ1n) is 5.79. The number of nitro groups is 1. The molecule has 0 aliphatic rings. The van der Waals surface area contributed by atoms with Gasteiger partial charge in [0.15, 0.2) is 0 Å². The molecule has 0 saturated carbocycles. The smallest absolute Gasteiger partial charge is 0.338 e. The zero-order chi connectivity index (χ0) is 15.4. The second-order valence-corrected chi connectivity index (χ2v) is 4.50. The third-order valence-corrected chi connectivity index (χ3v) is 2.91. The lowest BCUT2D eigenvalue weighted by Gasteiger charge is -2.05. The highest BCUT2D eigenvalue weighted by Gasteiger charge is 2.17. The summed E-state index contributed by atoms with van der Waals surface area (Å²) in [6.45, 7) is -0.0119. The molecule has 2 rings (SSSR count). The van der Waals surface area contributed by atoms with Gasteiger partial charge in [-0.3, -0.25) is 10.1 Å². The van der Waals surface area contributed by atoms with Crippen molar-refractivity contribution in [3.05, 3.63) is 62.8 Å². The number of anilines is 1. The van der Waals surface area contributed by atoms with Gasteiger partial charge in [-0.05, 0) is 29.8 Å². The van der Waals surface area contributed by atoms with Crippen LogP contribution in [0.5, 0.6) is 0 Å². The Hall–Kier alpha value is -2.67. The highest BCUT2D eigenvalue weighted by atomic mass is 35.5. The Kier molecular flexibility index (Phi) is 4.34. The third-order valence-electron chi connectivity index (χ3n) is 2.59. The topological polar surface area (TPSA) is 108 Å². The molecule has 0 unspecified atom stereocenters. The van der Waals surface area contributed by atoms with E-state index in [4.69, 9.17) is 22.1 Å². The first kappa shape index (κ1) is 14.7. The summed E-state index contributed by atoms with van der Waals surface area (Å²) >= 11 is 5.67. The standard InChI is InChI=1S/C13H10ClN3O4/c14-10-2-1-9(6-11(10)17(19)20)13(18)21-7-8-3-4-16-12(15)5-8/h1-6H,7H2,(H2,15,16). The lowest BCUT2D eigenvalue weighted by molar-refractivity contribution is -0.384. The molecular formula is C13H10ClN3O4. The predicted octanol–water partition coefficient (Wildman–Crippen LogP) is 2.58. The van der Waals surface area contributed by atoms with Crippen molar-refractivity contribution in [1.82, 2.24) is 4.98 Å². The molecular weight excluding hydrogens is 298 g/mol. The zero-order valence-electron chi connectivity index (χ0n) is 10.7. The molecule has 1 aromatic heterocycles. The quantitative estimate of drug-likeness (QED) is 0.528. The highest BCUT2D eigenvalue weighted by Crippen LogP contribution is 2.25. The number of hydrogen-bond donors (Lipinski definition) is 1. The first-order chi connectivity index (χ1) is 9.97. The molecule has 0 bridgehead atoms. The van der Waals surface area contributed by atoms with Gasteiger partial charge in [0, 0.05) is 12.3 Å². The summed E-state index contributed by atoms with van der Waals surface area (Å²) in [6.07, 6.45) is 1.49. The van der Waals surface area contributed by atoms with Crippen molar-refractivity contribution in [3.63, 3.8) is 0 Å². The fraction of sp³-hybridized carbons (Fsp3) is 0.0769. The fourth-order valence-electron chi connectivity index (χ4n) is 1.60. The number of benzene rings is 1. The summed E-state index contributed by atoms with van der Waals surface area (Å²) in [6, 6.07) is 6.93. The van der Waals surface area contributed by atoms with Crippen molar-refractivity contribution < 1.29 is 14.5 Å². The van der Waals surface area contributed by atoms with Crippen LogP contribution in [0.1, 0.15) is 15.9 Å². The van der Waals surface area contributed by atoms with Crippen LogP contribution >= 0.6 is 11.6 Å². The average Bonchev–Trinajstić information content (AvgIpc) is 2.45. The number of nitro benzene ring substituents is 1. The van der Waals surface area contributed by atoms with Crippen molar-refractivity contribution in [2.45, 2.75) is 6.61 Å². The number of halogens is 1. The minimum Gasteiger partial charge on any atom is -0.457 e. The van der Waals surface area contributed by atoms with Crippen molar-refractivity contribution in [1.29, 1.82) is 0 Å². The highest BCUT2D eigenvalue weighted by molar-refractivity contribution is 6.32. The molecule has 1 heterocycles. The number of aromatic nitrogens is 1. The van der Waals surface area contributed by atoms with E-state index in [-0.39, 0.29) is 22.9 Å². The number of carbonyl (C=O) groups excluding carboxylic acids is 1. The molecule has 0 aliphatic carbocycles. The molecule has 0 saturated heterocycles. The van der Waals surface area contributed by atoms with E-state index in [2.05, 4.69) is 4.98 Å². The zero-order valence-corrected chi connectivity index (χ0v) is 11.4. The van der Waals surface area contributed by atoms with Crippen molar-refractivity contribution in [3.8, 4) is 0 Å². The second-order valence-electron chi connectivity index (χ2n) is 4.09. The van der Waals surface area contributed by atoms with Crippen LogP contribution in [-0.4, -0.2) is 15.9 Å². The average molecular weight is 308 g/mol. The van der Waals surface area contributed by atoms with Gasteiger partial charge in [0.05, 0.1) is 10.5 Å². The Bertz CT molecular complexity index is 706. The van der Waals surface area contributed by atoms with Gasteiger partial charge in [0.1, 0.15) is 17.4 Å². The molecule has 0 aliphatic heterocycles. The molecule has 2 aromatic rings. The van der Waals surface area contributed by atoms with E-state index in [1.165, 1.54) is 18.3 Å². The lowest BCUT2D eigenvalue weighted by Crippen LogP contribution is -2.06. The summed E-state index contributed by atoms with van der Waals surface area (Å²) in [5.41, 5.74) is 5.87. The molecule has 8 heteroatoms. The first-order valence-corrected chi connectivity index (χ1v) is 6.16. The summed E-state index contributed by atoms with van der Waals surface area (Å²) in [5, 5.41) is 10.7. The van der Waals surface area contributed by atoms with E-state index in [9.17, 15) is 14.9 Å². The minimum absolute atomic E-state index is 0.0119. The number of pyridine rings is 1. The summed E-state index contributed by atoms with van der Waals surface area (Å²) in [4.78, 5) is 25.8. The SMILES string of the molecule is Nc1cc(COC(=O)c2ccc(Cl)c([N+](=O)[O-])c2)ccn1. The maximum atomic E-state index is 11.9. The molecule has 0 spiro atoms. The fourth-order valence-corrected chi connectivity index (χ4v) is 1.78. The molecule has 7 nitrogen and oxygen atoms in total. The number of rotatable bonds is 4. The Balaban J connectivity index is 2.10. The van der Waals surface area contributed by atoms with Gasteiger partial charge in [-0.1, -0.05) is 11.6 Å². The van der Waals surface area contributed by atoms with Gasteiger partial charge in [0.2, 0.25) is 0 Å². The van der Waals surface area contributed by atoms with Crippen LogP contribution in [0.3, 0.4) is 0 Å². The van der Waals surface area contributed by atoms with Gasteiger partial charge in [-0.15, -0.1) is 0 Å². The van der Waals surface area contributed by atoms with Crippen LogP contribution < -0.4 is 5.73 Å². The lowest BCUT2D eigenvalue weighted by atomic mass is 10.2. The molecule has 0 radical (unpaired) electrons. The predicted molar refractivity (Wildman–Crippen MR) is 75.9 cm³/mol. The van der Waals surface area contributed by atoms with Crippen LogP contribution in [-0.2, 0) is 11.3 Å². The van der Waals surface area contributed by atoms with Crippen molar-refractivity contribution >= 4 is 29.1 Å².